The van der Waals surface area contributed by atoms with Gasteiger partial charge in [-0.15, -0.1) is 0 Å². The Bertz CT molecular complexity index is 472. The first-order valence-corrected chi connectivity index (χ1v) is 6.96. The van der Waals surface area contributed by atoms with Crippen LogP contribution in [0.1, 0.15) is 13.3 Å². The molecule has 0 bridgehead atoms. The first-order chi connectivity index (χ1) is 9.72. The van der Waals surface area contributed by atoms with Crippen molar-refractivity contribution in [3.05, 3.63) is 35.5 Å². The minimum Gasteiger partial charge on any atom is -0.378 e. The summed E-state index contributed by atoms with van der Waals surface area (Å²) in [5.41, 5.74) is 1.11. The molecule has 1 saturated heterocycles. The van der Waals surface area contributed by atoms with Crippen molar-refractivity contribution in [1.82, 2.24) is 10.2 Å². The number of nitrogens with one attached hydrogen (secondary N) is 1. The van der Waals surface area contributed by atoms with Gasteiger partial charge in [-0.3, -0.25) is 9.59 Å². The predicted octanol–water partition coefficient (Wildman–Crippen LogP) is 0.794. The molecule has 1 aliphatic carbocycles. The maximum Gasteiger partial charge on any atom is 0.253 e. The zero-order valence-electron chi connectivity index (χ0n) is 11.7. The van der Waals surface area contributed by atoms with Gasteiger partial charge in [-0.05, 0) is 19.4 Å². The minimum atomic E-state index is -0.147. The van der Waals surface area contributed by atoms with E-state index in [1.807, 2.05) is 19.1 Å². The summed E-state index contributed by atoms with van der Waals surface area (Å²) < 4.78 is 5.25. The fourth-order valence-electron chi connectivity index (χ4n) is 2.17. The quantitative estimate of drug-likeness (QED) is 0.829. The molecule has 5 heteroatoms. The van der Waals surface area contributed by atoms with Crippen LogP contribution >= 0.6 is 0 Å². The SMILES string of the molecule is CCNC(=O)C1=CC(C(=O)N2CCOCC2)=CCC=C1. The molecule has 0 aromatic heterocycles. The molecule has 20 heavy (non-hydrogen) atoms. The highest BCUT2D eigenvalue weighted by atomic mass is 16.5. The molecule has 5 nitrogen and oxygen atoms in total. The van der Waals surface area contributed by atoms with Gasteiger partial charge in [0, 0.05) is 30.8 Å². The van der Waals surface area contributed by atoms with Gasteiger partial charge in [-0.25, -0.2) is 0 Å². The van der Waals surface area contributed by atoms with Crippen LogP contribution in [0.4, 0.5) is 0 Å². The van der Waals surface area contributed by atoms with E-state index in [0.29, 0.717) is 50.4 Å². The van der Waals surface area contributed by atoms with Crippen LogP contribution < -0.4 is 5.32 Å². The van der Waals surface area contributed by atoms with Crippen molar-refractivity contribution >= 4 is 11.8 Å². The van der Waals surface area contributed by atoms with Crippen molar-refractivity contribution in [2.24, 2.45) is 0 Å². The third kappa shape index (κ3) is 3.57. The van der Waals surface area contributed by atoms with Gasteiger partial charge in [0.2, 0.25) is 0 Å². The van der Waals surface area contributed by atoms with E-state index in [9.17, 15) is 9.59 Å². The van der Waals surface area contributed by atoms with Crippen LogP contribution in [-0.4, -0.2) is 49.6 Å². The predicted molar refractivity (Wildman–Crippen MR) is 76.0 cm³/mol. The molecule has 0 unspecified atom stereocenters. The lowest BCUT2D eigenvalue weighted by Crippen LogP contribution is -2.41. The fourth-order valence-corrected chi connectivity index (χ4v) is 2.17. The molecule has 1 aliphatic heterocycles. The second kappa shape index (κ2) is 7.05. The third-order valence-electron chi connectivity index (χ3n) is 3.23. The Kier molecular flexibility index (Phi) is 5.12. The Morgan fingerprint density at radius 1 is 1.30 bits per heavy atom. The molecule has 1 N–H and O–H groups in total. The van der Waals surface area contributed by atoms with Crippen LogP contribution in [0.15, 0.2) is 35.5 Å². The van der Waals surface area contributed by atoms with Gasteiger partial charge in [0.1, 0.15) is 0 Å². The number of nitrogens with zero attached hydrogens (tertiary/aromatic N) is 1. The standard InChI is InChI=1S/C15H20N2O3/c1-2-16-14(18)12-5-3-4-6-13(11-12)15(19)17-7-9-20-10-8-17/h3,5-6,11H,2,4,7-10H2,1H3,(H,16,18). The summed E-state index contributed by atoms with van der Waals surface area (Å²) in [5, 5.41) is 2.75. The molecular weight excluding hydrogens is 256 g/mol. The Morgan fingerprint density at radius 3 is 2.75 bits per heavy atom. The summed E-state index contributed by atoms with van der Waals surface area (Å²) in [6.45, 7) is 4.80. The Labute approximate surface area is 119 Å². The number of carbonyl (C=O) groups is 2. The molecule has 0 aromatic rings. The number of hydrogen-bond acceptors (Lipinski definition) is 3. The van der Waals surface area contributed by atoms with E-state index in [4.69, 9.17) is 4.74 Å². The van der Waals surface area contributed by atoms with E-state index in [1.165, 1.54) is 0 Å². The van der Waals surface area contributed by atoms with Crippen LogP contribution in [0.3, 0.4) is 0 Å². The van der Waals surface area contributed by atoms with Crippen LogP contribution in [0.5, 0.6) is 0 Å². The van der Waals surface area contributed by atoms with Crippen LogP contribution in [-0.2, 0) is 14.3 Å². The molecule has 0 radical (unpaired) electrons. The number of morpholine rings is 1. The van der Waals surface area contributed by atoms with E-state index in [2.05, 4.69) is 5.32 Å². The van der Waals surface area contributed by atoms with Crippen molar-refractivity contribution in [3.8, 4) is 0 Å². The molecule has 0 atom stereocenters. The number of carbonyl (C=O) groups excluding carboxylic acids is 2. The molecule has 1 heterocycles. The second-order valence-electron chi connectivity index (χ2n) is 4.66. The van der Waals surface area contributed by atoms with Gasteiger partial charge in [0.15, 0.2) is 0 Å². The van der Waals surface area contributed by atoms with Gasteiger partial charge in [0.25, 0.3) is 11.8 Å². The summed E-state index contributed by atoms with van der Waals surface area (Å²) >= 11 is 0. The fraction of sp³-hybridized carbons (Fsp3) is 0.467. The highest BCUT2D eigenvalue weighted by molar-refractivity contribution is 6.02. The largest absolute Gasteiger partial charge is 0.378 e. The number of allylic oxidation sites excluding steroid dienone is 2. The van der Waals surface area contributed by atoms with E-state index < -0.39 is 0 Å². The maximum absolute atomic E-state index is 12.4. The van der Waals surface area contributed by atoms with Crippen molar-refractivity contribution < 1.29 is 14.3 Å². The molecule has 0 aromatic carbocycles. The monoisotopic (exact) mass is 276 g/mol. The maximum atomic E-state index is 12.4. The zero-order chi connectivity index (χ0) is 14.4. The first kappa shape index (κ1) is 14.5. The van der Waals surface area contributed by atoms with Gasteiger partial charge >= 0.3 is 0 Å². The van der Waals surface area contributed by atoms with Crippen molar-refractivity contribution in [3.63, 3.8) is 0 Å². The van der Waals surface area contributed by atoms with E-state index in [-0.39, 0.29) is 11.8 Å². The van der Waals surface area contributed by atoms with Crippen LogP contribution in [0.2, 0.25) is 0 Å². The van der Waals surface area contributed by atoms with Gasteiger partial charge in [-0.1, -0.05) is 18.2 Å². The number of likely N-dealkylation sites (N-methyl/N-ethyl adjacent to an activating group) is 1. The van der Waals surface area contributed by atoms with Gasteiger partial charge < -0.3 is 15.0 Å². The molecule has 0 spiro atoms. The van der Waals surface area contributed by atoms with Crippen molar-refractivity contribution in [2.75, 3.05) is 32.8 Å². The highest BCUT2D eigenvalue weighted by Crippen LogP contribution is 2.15. The second-order valence-corrected chi connectivity index (χ2v) is 4.66. The first-order valence-electron chi connectivity index (χ1n) is 6.96. The highest BCUT2D eigenvalue weighted by Gasteiger charge is 2.20. The normalized spacial score (nSPS) is 18.9. The van der Waals surface area contributed by atoms with Gasteiger partial charge in [-0.2, -0.15) is 0 Å². The lowest BCUT2D eigenvalue weighted by Gasteiger charge is -2.27. The third-order valence-corrected chi connectivity index (χ3v) is 3.23. The average molecular weight is 276 g/mol. The van der Waals surface area contributed by atoms with E-state index in [1.54, 1.807) is 17.1 Å². The summed E-state index contributed by atoms with van der Waals surface area (Å²) in [6.07, 6.45) is 7.85. The number of amides is 2. The molecule has 0 saturated carbocycles. The average Bonchev–Trinajstić information content (AvgIpc) is 2.74. The zero-order valence-corrected chi connectivity index (χ0v) is 11.7. The summed E-state index contributed by atoms with van der Waals surface area (Å²) in [5.74, 6) is -0.176. The molecule has 2 aliphatic rings. The van der Waals surface area contributed by atoms with Gasteiger partial charge in [0.05, 0.1) is 13.2 Å². The Morgan fingerprint density at radius 2 is 2.05 bits per heavy atom. The lowest BCUT2D eigenvalue weighted by molar-refractivity contribution is -0.130. The van der Waals surface area contributed by atoms with E-state index >= 15 is 0 Å². The Balaban J connectivity index is 2.13. The van der Waals surface area contributed by atoms with Crippen molar-refractivity contribution in [2.45, 2.75) is 13.3 Å². The molecule has 2 rings (SSSR count). The van der Waals surface area contributed by atoms with Crippen LogP contribution in [0.25, 0.3) is 0 Å². The number of ether oxygens (including phenoxy) is 1. The van der Waals surface area contributed by atoms with E-state index in [0.717, 1.165) is 0 Å². The number of hydrogen-bond donors (Lipinski definition) is 1. The molecule has 108 valence electrons. The number of rotatable bonds is 3. The van der Waals surface area contributed by atoms with Crippen LogP contribution in [0, 0.1) is 0 Å². The van der Waals surface area contributed by atoms with Crippen molar-refractivity contribution in [1.29, 1.82) is 0 Å². The smallest absolute Gasteiger partial charge is 0.253 e. The summed E-state index contributed by atoms with van der Waals surface area (Å²) in [6, 6.07) is 0. The molecule has 1 fully saturated rings. The topological polar surface area (TPSA) is 58.6 Å². The Hall–Kier alpha value is -1.88. The minimum absolute atomic E-state index is 0.0289. The summed E-state index contributed by atoms with van der Waals surface area (Å²) in [7, 11) is 0. The molecule has 2 amide bonds. The summed E-state index contributed by atoms with van der Waals surface area (Å²) in [4.78, 5) is 26.1. The lowest BCUT2D eigenvalue weighted by atomic mass is 10.1. The molecular formula is C15H20N2O3.